The number of nitrogens with zero attached hydrogens (tertiary/aromatic N) is 3. The summed E-state index contributed by atoms with van der Waals surface area (Å²) in [6, 6.07) is 4.96. The fourth-order valence-electron chi connectivity index (χ4n) is 2.68. The number of anilines is 1. The lowest BCUT2D eigenvalue weighted by Crippen LogP contribution is -2.32. The lowest BCUT2D eigenvalue weighted by Gasteiger charge is -2.21. The van der Waals surface area contributed by atoms with Crippen molar-refractivity contribution in [1.29, 1.82) is 0 Å². The van der Waals surface area contributed by atoms with E-state index in [4.69, 9.17) is 10.8 Å². The number of aliphatic hydroxyl groups excluding tert-OH is 1. The molecule has 0 radical (unpaired) electrons. The van der Waals surface area contributed by atoms with E-state index in [-0.39, 0.29) is 18.0 Å². The van der Waals surface area contributed by atoms with Crippen molar-refractivity contribution in [2.75, 3.05) is 45.1 Å². The Hall–Kier alpha value is -1.70. The fourth-order valence-corrected chi connectivity index (χ4v) is 2.68. The second-order valence-corrected chi connectivity index (χ2v) is 5.30. The van der Waals surface area contributed by atoms with E-state index in [0.29, 0.717) is 13.1 Å². The molecule has 21 heavy (non-hydrogen) atoms. The molecule has 0 saturated carbocycles. The highest BCUT2D eigenvalue weighted by Gasteiger charge is 2.18. The molecule has 1 aromatic rings. The maximum Gasteiger partial charge on any atom is 0.292 e. The second kappa shape index (κ2) is 7.35. The molecule has 0 unspecified atom stereocenters. The van der Waals surface area contributed by atoms with Gasteiger partial charge in [0, 0.05) is 32.2 Å². The van der Waals surface area contributed by atoms with Crippen LogP contribution < -0.4 is 5.73 Å². The van der Waals surface area contributed by atoms with Crippen molar-refractivity contribution in [3.63, 3.8) is 0 Å². The van der Waals surface area contributed by atoms with Gasteiger partial charge in [-0.15, -0.1) is 0 Å². The summed E-state index contributed by atoms with van der Waals surface area (Å²) in [4.78, 5) is 15.0. The summed E-state index contributed by atoms with van der Waals surface area (Å²) in [7, 11) is 0. The summed E-state index contributed by atoms with van der Waals surface area (Å²) < 4.78 is 0. The van der Waals surface area contributed by atoms with Crippen LogP contribution in [0.25, 0.3) is 0 Å². The van der Waals surface area contributed by atoms with Crippen LogP contribution in [-0.2, 0) is 6.54 Å². The zero-order valence-corrected chi connectivity index (χ0v) is 12.1. The molecule has 1 heterocycles. The lowest BCUT2D eigenvalue weighted by atomic mass is 10.1. The van der Waals surface area contributed by atoms with E-state index in [9.17, 15) is 10.1 Å². The monoisotopic (exact) mass is 294 g/mol. The predicted octanol–water partition coefficient (Wildman–Crippen LogP) is 0.677. The summed E-state index contributed by atoms with van der Waals surface area (Å²) in [5.41, 5.74) is 6.95. The van der Waals surface area contributed by atoms with Gasteiger partial charge in [-0.05, 0) is 25.1 Å². The summed E-state index contributed by atoms with van der Waals surface area (Å²) >= 11 is 0. The Morgan fingerprint density at radius 2 is 1.95 bits per heavy atom. The highest BCUT2D eigenvalue weighted by Crippen LogP contribution is 2.26. The first-order chi connectivity index (χ1) is 10.1. The minimum atomic E-state index is -0.440. The number of para-hydroxylation sites is 1. The van der Waals surface area contributed by atoms with E-state index in [2.05, 4.69) is 9.80 Å². The maximum absolute atomic E-state index is 10.9. The lowest BCUT2D eigenvalue weighted by molar-refractivity contribution is -0.384. The second-order valence-electron chi connectivity index (χ2n) is 5.30. The molecule has 7 nitrogen and oxygen atoms in total. The van der Waals surface area contributed by atoms with E-state index >= 15 is 0 Å². The molecule has 1 aliphatic heterocycles. The molecule has 3 N–H and O–H groups in total. The molecule has 1 fully saturated rings. The molecule has 1 aliphatic rings. The molecule has 0 atom stereocenters. The largest absolute Gasteiger partial charge is 0.395 e. The first-order valence-corrected chi connectivity index (χ1v) is 7.19. The van der Waals surface area contributed by atoms with Gasteiger partial charge < -0.3 is 10.8 Å². The van der Waals surface area contributed by atoms with Crippen molar-refractivity contribution in [2.45, 2.75) is 13.0 Å². The average molecular weight is 294 g/mol. The van der Waals surface area contributed by atoms with Gasteiger partial charge in [-0.25, -0.2) is 0 Å². The fraction of sp³-hybridized carbons (Fsp3) is 0.571. The number of hydrogen-bond acceptors (Lipinski definition) is 6. The Bertz CT molecular complexity index is 495. The maximum atomic E-state index is 10.9. The number of nitrogens with two attached hydrogens (primary N) is 1. The molecular weight excluding hydrogens is 272 g/mol. The zero-order chi connectivity index (χ0) is 15.2. The number of β-amino-alcohol motifs (C(OH)–C–C–N with tert-alkyl or cyclic N) is 1. The van der Waals surface area contributed by atoms with Gasteiger partial charge in [-0.3, -0.25) is 19.9 Å². The van der Waals surface area contributed by atoms with Gasteiger partial charge in [0.05, 0.1) is 11.5 Å². The van der Waals surface area contributed by atoms with Crippen molar-refractivity contribution < 1.29 is 10.0 Å². The predicted molar refractivity (Wildman–Crippen MR) is 80.9 cm³/mol. The van der Waals surface area contributed by atoms with E-state index in [1.54, 1.807) is 6.07 Å². The molecule has 0 bridgehead atoms. The molecule has 0 amide bonds. The quantitative estimate of drug-likeness (QED) is 0.471. The SMILES string of the molecule is Nc1c(CN2CCCN(CCO)CC2)cccc1[N+](=O)[O-]. The topological polar surface area (TPSA) is 95.9 Å². The van der Waals surface area contributed by atoms with Crippen molar-refractivity contribution in [2.24, 2.45) is 0 Å². The molecule has 7 heteroatoms. The van der Waals surface area contributed by atoms with Crippen molar-refractivity contribution >= 4 is 11.4 Å². The Morgan fingerprint density at radius 3 is 2.67 bits per heavy atom. The molecule has 0 aromatic heterocycles. The van der Waals surface area contributed by atoms with Gasteiger partial charge >= 0.3 is 0 Å². The first-order valence-electron chi connectivity index (χ1n) is 7.19. The third-order valence-electron chi connectivity index (χ3n) is 3.86. The molecule has 1 saturated heterocycles. The average Bonchev–Trinajstić information content (AvgIpc) is 2.67. The third kappa shape index (κ3) is 4.13. The number of nitrogen functional groups attached to an aromatic ring is 1. The van der Waals surface area contributed by atoms with Gasteiger partial charge in [-0.2, -0.15) is 0 Å². The number of nitro groups is 1. The third-order valence-corrected chi connectivity index (χ3v) is 3.86. The minimum Gasteiger partial charge on any atom is -0.395 e. The van der Waals surface area contributed by atoms with Crippen molar-refractivity contribution in [3.05, 3.63) is 33.9 Å². The van der Waals surface area contributed by atoms with Crippen molar-refractivity contribution in [3.8, 4) is 0 Å². The van der Waals surface area contributed by atoms with E-state index < -0.39 is 4.92 Å². The van der Waals surface area contributed by atoms with E-state index in [1.807, 2.05) is 6.07 Å². The first kappa shape index (κ1) is 15.7. The smallest absolute Gasteiger partial charge is 0.292 e. The highest BCUT2D eigenvalue weighted by molar-refractivity contribution is 5.62. The molecular formula is C14H22N4O3. The van der Waals surface area contributed by atoms with Crippen LogP contribution in [0.5, 0.6) is 0 Å². The Morgan fingerprint density at radius 1 is 1.24 bits per heavy atom. The van der Waals surface area contributed by atoms with Crippen LogP contribution in [0.15, 0.2) is 18.2 Å². The molecule has 116 valence electrons. The van der Waals surface area contributed by atoms with Gasteiger partial charge in [0.1, 0.15) is 5.69 Å². The van der Waals surface area contributed by atoms with E-state index in [0.717, 1.165) is 38.2 Å². The molecule has 1 aromatic carbocycles. The van der Waals surface area contributed by atoms with Crippen LogP contribution in [0.1, 0.15) is 12.0 Å². The number of benzene rings is 1. The zero-order valence-electron chi connectivity index (χ0n) is 12.1. The molecule has 0 spiro atoms. The summed E-state index contributed by atoms with van der Waals surface area (Å²) in [5.74, 6) is 0. The van der Waals surface area contributed by atoms with Crippen LogP contribution in [-0.4, -0.2) is 59.2 Å². The van der Waals surface area contributed by atoms with Crippen LogP contribution >= 0.6 is 0 Å². The van der Waals surface area contributed by atoms with Crippen LogP contribution in [0, 0.1) is 10.1 Å². The highest BCUT2D eigenvalue weighted by atomic mass is 16.6. The Balaban J connectivity index is 2.02. The standard InChI is InChI=1S/C14H22N4O3/c15-14-12(3-1-4-13(14)18(20)21)11-17-6-2-5-16(7-8-17)9-10-19/h1,3-4,19H,2,5-11,15H2. The number of hydrogen-bond donors (Lipinski definition) is 2. The van der Waals surface area contributed by atoms with Crippen LogP contribution in [0.3, 0.4) is 0 Å². The van der Waals surface area contributed by atoms with E-state index in [1.165, 1.54) is 6.07 Å². The Labute approximate surface area is 124 Å². The summed E-state index contributed by atoms with van der Waals surface area (Å²) in [5, 5.41) is 19.9. The van der Waals surface area contributed by atoms with Gasteiger partial charge in [0.2, 0.25) is 0 Å². The summed E-state index contributed by atoms with van der Waals surface area (Å²) in [6.07, 6.45) is 1.02. The number of rotatable bonds is 5. The van der Waals surface area contributed by atoms with Gasteiger partial charge in [0.25, 0.3) is 5.69 Å². The van der Waals surface area contributed by atoms with Crippen LogP contribution in [0.2, 0.25) is 0 Å². The molecule has 2 rings (SSSR count). The summed E-state index contributed by atoms with van der Waals surface area (Å²) in [6.45, 7) is 5.19. The number of nitro benzene ring substituents is 1. The normalized spacial score (nSPS) is 17.6. The Kier molecular flexibility index (Phi) is 5.49. The number of aliphatic hydroxyl groups is 1. The van der Waals surface area contributed by atoms with Crippen molar-refractivity contribution in [1.82, 2.24) is 9.80 Å². The molecule has 0 aliphatic carbocycles. The van der Waals surface area contributed by atoms with Crippen LogP contribution in [0.4, 0.5) is 11.4 Å². The van der Waals surface area contributed by atoms with Gasteiger partial charge in [-0.1, -0.05) is 12.1 Å². The van der Waals surface area contributed by atoms with Gasteiger partial charge in [0.15, 0.2) is 0 Å². The minimum absolute atomic E-state index is 0.0239.